The van der Waals surface area contributed by atoms with Crippen molar-refractivity contribution >= 4 is 12.0 Å². The predicted molar refractivity (Wildman–Crippen MR) is 70.9 cm³/mol. The van der Waals surface area contributed by atoms with Crippen molar-refractivity contribution in [1.29, 1.82) is 0 Å². The molecule has 1 aliphatic heterocycles. The van der Waals surface area contributed by atoms with Crippen LogP contribution >= 0.6 is 0 Å². The number of nitrogens with one attached hydrogen (secondary N) is 1. The molecule has 0 bridgehead atoms. The summed E-state index contributed by atoms with van der Waals surface area (Å²) in [4.78, 5) is 24.1. The summed E-state index contributed by atoms with van der Waals surface area (Å²) in [6.07, 6.45) is 1.76. The van der Waals surface area contributed by atoms with Gasteiger partial charge >= 0.3 is 12.0 Å². The highest BCUT2D eigenvalue weighted by atomic mass is 16.4. The van der Waals surface area contributed by atoms with E-state index in [-0.39, 0.29) is 24.4 Å². The van der Waals surface area contributed by atoms with Crippen molar-refractivity contribution in [2.75, 3.05) is 19.6 Å². The molecule has 0 unspecified atom stereocenters. The van der Waals surface area contributed by atoms with Gasteiger partial charge in [-0.25, -0.2) is 9.59 Å². The number of nitrogens with zero attached hydrogens (tertiary/aromatic N) is 1. The van der Waals surface area contributed by atoms with Crippen molar-refractivity contribution in [3.8, 4) is 0 Å². The van der Waals surface area contributed by atoms with Crippen LogP contribution in [0, 0.1) is 5.41 Å². The fraction of sp³-hybridized carbons (Fsp3) is 0.846. The number of carboxylic acids is 1. The van der Waals surface area contributed by atoms with E-state index in [0.29, 0.717) is 0 Å². The Morgan fingerprint density at radius 1 is 1.37 bits per heavy atom. The van der Waals surface area contributed by atoms with Gasteiger partial charge < -0.3 is 20.4 Å². The molecule has 2 amide bonds. The molecule has 3 N–H and O–H groups in total. The first-order chi connectivity index (χ1) is 8.94. The summed E-state index contributed by atoms with van der Waals surface area (Å²) in [6.45, 7) is 5.97. The van der Waals surface area contributed by atoms with Crippen LogP contribution < -0.4 is 5.32 Å². The van der Waals surface area contributed by atoms with Crippen LogP contribution in [0.2, 0.25) is 0 Å². The molecule has 0 saturated carbocycles. The van der Waals surface area contributed by atoms with Crippen LogP contribution in [0.5, 0.6) is 0 Å². The van der Waals surface area contributed by atoms with E-state index in [9.17, 15) is 9.59 Å². The van der Waals surface area contributed by atoms with Crippen molar-refractivity contribution in [2.45, 2.75) is 45.6 Å². The Hall–Kier alpha value is -1.30. The minimum absolute atomic E-state index is 0.0294. The Labute approximate surface area is 113 Å². The molecular formula is C13H24N2O4. The smallest absolute Gasteiger partial charge is 0.332 e. The van der Waals surface area contributed by atoms with Crippen molar-refractivity contribution in [2.24, 2.45) is 5.41 Å². The van der Waals surface area contributed by atoms with Crippen LogP contribution in [-0.4, -0.2) is 52.9 Å². The summed E-state index contributed by atoms with van der Waals surface area (Å²) < 4.78 is 0. The number of amides is 2. The lowest BCUT2D eigenvalue weighted by molar-refractivity contribution is -0.146. The Morgan fingerprint density at radius 2 is 2.00 bits per heavy atom. The molecule has 0 aromatic rings. The summed E-state index contributed by atoms with van der Waals surface area (Å²) in [5.41, 5.74) is 0.234. The van der Waals surface area contributed by atoms with Crippen molar-refractivity contribution in [1.82, 2.24) is 10.2 Å². The fourth-order valence-electron chi connectivity index (χ4n) is 2.49. The SMILES string of the molecule is CCC1(CC)CCN(C(=O)NCC[C@H](O)C(=O)O)C1. The van der Waals surface area contributed by atoms with Crippen molar-refractivity contribution < 1.29 is 19.8 Å². The first-order valence-corrected chi connectivity index (χ1v) is 6.88. The third-order valence-electron chi connectivity index (χ3n) is 4.20. The molecule has 6 heteroatoms. The van der Waals surface area contributed by atoms with Crippen LogP contribution in [0.1, 0.15) is 39.5 Å². The van der Waals surface area contributed by atoms with Gasteiger partial charge in [-0.05, 0) is 24.7 Å². The summed E-state index contributed by atoms with van der Waals surface area (Å²) in [7, 11) is 0. The van der Waals surface area contributed by atoms with Crippen LogP contribution in [-0.2, 0) is 4.79 Å². The molecule has 0 radical (unpaired) electrons. The van der Waals surface area contributed by atoms with E-state index >= 15 is 0 Å². The highest BCUT2D eigenvalue weighted by Gasteiger charge is 2.36. The number of carboxylic acid groups (broad SMARTS) is 1. The van der Waals surface area contributed by atoms with E-state index in [0.717, 1.165) is 32.4 Å². The minimum atomic E-state index is -1.41. The maximum absolute atomic E-state index is 11.9. The van der Waals surface area contributed by atoms with E-state index in [2.05, 4.69) is 19.2 Å². The van der Waals surface area contributed by atoms with Gasteiger partial charge in [0.1, 0.15) is 0 Å². The van der Waals surface area contributed by atoms with E-state index < -0.39 is 12.1 Å². The summed E-state index contributed by atoms with van der Waals surface area (Å²) >= 11 is 0. The fourth-order valence-corrected chi connectivity index (χ4v) is 2.49. The van der Waals surface area contributed by atoms with Crippen LogP contribution in [0.4, 0.5) is 4.79 Å². The number of carbonyl (C=O) groups excluding carboxylic acids is 1. The lowest BCUT2D eigenvalue weighted by Crippen LogP contribution is -2.41. The minimum Gasteiger partial charge on any atom is -0.479 e. The molecule has 0 spiro atoms. The quantitative estimate of drug-likeness (QED) is 0.674. The summed E-state index contributed by atoms with van der Waals surface area (Å²) in [5.74, 6) is -1.26. The summed E-state index contributed by atoms with van der Waals surface area (Å²) in [5, 5.41) is 20.3. The molecule has 1 atom stereocenters. The Balaban J connectivity index is 2.34. The van der Waals surface area contributed by atoms with Gasteiger partial charge in [-0.1, -0.05) is 13.8 Å². The van der Waals surface area contributed by atoms with Gasteiger partial charge in [-0.15, -0.1) is 0 Å². The Kier molecular flexibility index (Phi) is 5.60. The second kappa shape index (κ2) is 6.75. The zero-order chi connectivity index (χ0) is 14.5. The number of carbonyl (C=O) groups is 2. The van der Waals surface area contributed by atoms with Gasteiger partial charge in [-0.2, -0.15) is 0 Å². The molecule has 1 aliphatic rings. The first kappa shape index (κ1) is 15.8. The van der Waals surface area contributed by atoms with E-state index in [1.807, 2.05) is 0 Å². The average Bonchev–Trinajstić information content (AvgIpc) is 2.83. The van der Waals surface area contributed by atoms with Gasteiger partial charge in [0.15, 0.2) is 6.10 Å². The molecule has 1 fully saturated rings. The van der Waals surface area contributed by atoms with Crippen molar-refractivity contribution in [3.05, 3.63) is 0 Å². The van der Waals surface area contributed by atoms with E-state index in [1.54, 1.807) is 4.90 Å². The molecule has 0 aromatic heterocycles. The topological polar surface area (TPSA) is 89.9 Å². The molecule has 6 nitrogen and oxygen atoms in total. The number of rotatable bonds is 6. The number of hydrogen-bond acceptors (Lipinski definition) is 3. The number of likely N-dealkylation sites (tertiary alicyclic amines) is 1. The molecule has 1 heterocycles. The molecule has 1 rings (SSSR count). The molecule has 19 heavy (non-hydrogen) atoms. The number of urea groups is 1. The van der Waals surface area contributed by atoms with E-state index in [1.165, 1.54) is 0 Å². The number of aliphatic carboxylic acids is 1. The van der Waals surface area contributed by atoms with Gasteiger partial charge in [0.05, 0.1) is 0 Å². The number of aliphatic hydroxyl groups excluding tert-OH is 1. The number of aliphatic hydroxyl groups is 1. The highest BCUT2D eigenvalue weighted by Crippen LogP contribution is 2.36. The zero-order valence-corrected chi connectivity index (χ0v) is 11.7. The maximum Gasteiger partial charge on any atom is 0.332 e. The zero-order valence-electron chi connectivity index (χ0n) is 11.7. The molecule has 110 valence electrons. The lowest BCUT2D eigenvalue weighted by Gasteiger charge is -2.26. The molecular weight excluding hydrogens is 248 g/mol. The standard InChI is InChI=1S/C13H24N2O4/c1-3-13(4-2)6-8-15(9-13)12(19)14-7-5-10(16)11(17)18/h10,16H,3-9H2,1-2H3,(H,14,19)(H,17,18)/t10-/m0/s1. The van der Waals surface area contributed by atoms with Crippen molar-refractivity contribution in [3.63, 3.8) is 0 Å². The van der Waals surface area contributed by atoms with Crippen LogP contribution in [0.25, 0.3) is 0 Å². The Morgan fingerprint density at radius 3 is 2.47 bits per heavy atom. The average molecular weight is 272 g/mol. The largest absolute Gasteiger partial charge is 0.479 e. The van der Waals surface area contributed by atoms with Gasteiger partial charge in [0, 0.05) is 26.1 Å². The normalized spacial score (nSPS) is 19.2. The van der Waals surface area contributed by atoms with Gasteiger partial charge in [0.2, 0.25) is 0 Å². The second-order valence-corrected chi connectivity index (χ2v) is 5.25. The third-order valence-corrected chi connectivity index (χ3v) is 4.20. The maximum atomic E-state index is 11.9. The first-order valence-electron chi connectivity index (χ1n) is 6.88. The predicted octanol–water partition coefficient (Wildman–Crippen LogP) is 1.04. The summed E-state index contributed by atoms with van der Waals surface area (Å²) in [6, 6.07) is -0.165. The molecule has 0 aliphatic carbocycles. The highest BCUT2D eigenvalue weighted by molar-refractivity contribution is 5.75. The lowest BCUT2D eigenvalue weighted by atomic mass is 9.82. The second-order valence-electron chi connectivity index (χ2n) is 5.25. The monoisotopic (exact) mass is 272 g/mol. The van der Waals surface area contributed by atoms with Gasteiger partial charge in [-0.3, -0.25) is 0 Å². The van der Waals surface area contributed by atoms with Crippen LogP contribution in [0.3, 0.4) is 0 Å². The van der Waals surface area contributed by atoms with Gasteiger partial charge in [0.25, 0.3) is 0 Å². The van der Waals surface area contributed by atoms with E-state index in [4.69, 9.17) is 10.2 Å². The molecule has 1 saturated heterocycles. The number of hydrogen-bond donors (Lipinski definition) is 3. The molecule has 0 aromatic carbocycles. The Bertz CT molecular complexity index is 329. The third kappa shape index (κ3) is 4.09. The van der Waals surface area contributed by atoms with Crippen LogP contribution in [0.15, 0.2) is 0 Å².